The molecule has 112 valence electrons. The number of benzene rings is 1. The van der Waals surface area contributed by atoms with Gasteiger partial charge in [-0.3, -0.25) is 19.7 Å². The second-order valence-electron chi connectivity index (χ2n) is 5.01. The first-order valence-electron chi connectivity index (χ1n) is 6.46. The third kappa shape index (κ3) is 3.10. The van der Waals surface area contributed by atoms with E-state index in [-0.39, 0.29) is 23.0 Å². The number of anilines is 1. The summed E-state index contributed by atoms with van der Waals surface area (Å²) < 4.78 is 0. The summed E-state index contributed by atoms with van der Waals surface area (Å²) in [6.45, 7) is 0. The minimum atomic E-state index is -0.874. The number of nitrogens with two attached hydrogens (primary N) is 1. The van der Waals surface area contributed by atoms with E-state index in [1.165, 1.54) is 18.2 Å². The van der Waals surface area contributed by atoms with Gasteiger partial charge in [0.15, 0.2) is 0 Å². The van der Waals surface area contributed by atoms with Gasteiger partial charge >= 0.3 is 5.97 Å². The predicted octanol–water partition coefficient (Wildman–Crippen LogP) is 1.16. The van der Waals surface area contributed by atoms with Crippen LogP contribution in [0.3, 0.4) is 0 Å². The zero-order chi connectivity index (χ0) is 15.6. The van der Waals surface area contributed by atoms with Crippen LogP contribution in [0.1, 0.15) is 29.6 Å². The fourth-order valence-corrected chi connectivity index (χ4v) is 2.51. The summed E-state index contributed by atoms with van der Waals surface area (Å²) in [6, 6.07) is 3.76. The van der Waals surface area contributed by atoms with Crippen molar-refractivity contribution in [2.75, 3.05) is 5.73 Å². The summed E-state index contributed by atoms with van der Waals surface area (Å²) in [4.78, 5) is 33.1. The lowest BCUT2D eigenvalue weighted by Gasteiger charge is -2.13. The molecule has 2 rings (SSSR count). The fourth-order valence-electron chi connectivity index (χ4n) is 2.51. The first kappa shape index (κ1) is 14.8. The number of hydrogen-bond donors (Lipinski definition) is 3. The van der Waals surface area contributed by atoms with E-state index in [1.807, 2.05) is 0 Å². The molecule has 0 aromatic heterocycles. The molecule has 8 nitrogen and oxygen atoms in total. The Morgan fingerprint density at radius 3 is 2.67 bits per heavy atom. The van der Waals surface area contributed by atoms with E-state index in [2.05, 4.69) is 5.32 Å². The van der Waals surface area contributed by atoms with Gasteiger partial charge in [0, 0.05) is 12.1 Å². The molecule has 1 saturated carbocycles. The SMILES string of the molecule is Nc1c(C(=O)N[C@@H]2CC[C@H](C(=O)O)C2)cccc1[N+](=O)[O-]. The molecular formula is C13H15N3O5. The Morgan fingerprint density at radius 2 is 2.10 bits per heavy atom. The van der Waals surface area contributed by atoms with Gasteiger partial charge in [0.2, 0.25) is 0 Å². The van der Waals surface area contributed by atoms with Crippen molar-refractivity contribution in [1.82, 2.24) is 5.32 Å². The van der Waals surface area contributed by atoms with Crippen LogP contribution < -0.4 is 11.1 Å². The van der Waals surface area contributed by atoms with Crippen molar-refractivity contribution in [2.45, 2.75) is 25.3 Å². The minimum Gasteiger partial charge on any atom is -0.481 e. The van der Waals surface area contributed by atoms with Gasteiger partial charge in [-0.1, -0.05) is 6.07 Å². The zero-order valence-corrected chi connectivity index (χ0v) is 11.1. The maximum Gasteiger partial charge on any atom is 0.306 e. The van der Waals surface area contributed by atoms with Gasteiger partial charge in [-0.25, -0.2) is 0 Å². The van der Waals surface area contributed by atoms with Crippen molar-refractivity contribution in [2.24, 2.45) is 5.92 Å². The summed E-state index contributed by atoms with van der Waals surface area (Å²) in [5, 5.41) is 22.4. The van der Waals surface area contributed by atoms with Crippen LogP contribution in [0.5, 0.6) is 0 Å². The zero-order valence-electron chi connectivity index (χ0n) is 11.1. The topological polar surface area (TPSA) is 136 Å². The Bertz CT molecular complexity index is 601. The third-order valence-electron chi connectivity index (χ3n) is 3.64. The van der Waals surface area contributed by atoms with Crippen molar-refractivity contribution in [3.05, 3.63) is 33.9 Å². The van der Waals surface area contributed by atoms with Crippen LogP contribution in [0.25, 0.3) is 0 Å². The van der Waals surface area contributed by atoms with Gasteiger partial charge in [0.1, 0.15) is 5.69 Å². The van der Waals surface area contributed by atoms with Gasteiger partial charge in [-0.05, 0) is 25.3 Å². The lowest BCUT2D eigenvalue weighted by atomic mass is 10.1. The molecule has 0 heterocycles. The first-order valence-corrected chi connectivity index (χ1v) is 6.46. The molecule has 0 spiro atoms. The summed E-state index contributed by atoms with van der Waals surface area (Å²) in [7, 11) is 0. The fraction of sp³-hybridized carbons (Fsp3) is 0.385. The number of amides is 1. The minimum absolute atomic E-state index is 0.0305. The van der Waals surface area contributed by atoms with Crippen LogP contribution in [-0.4, -0.2) is 27.9 Å². The molecule has 21 heavy (non-hydrogen) atoms. The molecule has 8 heteroatoms. The number of nitrogens with one attached hydrogen (secondary N) is 1. The van der Waals surface area contributed by atoms with Crippen LogP contribution in [0.2, 0.25) is 0 Å². The Morgan fingerprint density at radius 1 is 1.38 bits per heavy atom. The van der Waals surface area contributed by atoms with E-state index < -0.39 is 22.7 Å². The largest absolute Gasteiger partial charge is 0.481 e. The molecule has 1 aromatic rings. The number of aliphatic carboxylic acids is 1. The van der Waals surface area contributed by atoms with Crippen LogP contribution >= 0.6 is 0 Å². The van der Waals surface area contributed by atoms with E-state index in [0.29, 0.717) is 19.3 Å². The normalized spacial score (nSPS) is 21.0. The Hall–Kier alpha value is -2.64. The average Bonchev–Trinajstić information content (AvgIpc) is 2.87. The molecule has 0 saturated heterocycles. The average molecular weight is 293 g/mol. The molecule has 1 aliphatic rings. The lowest BCUT2D eigenvalue weighted by molar-refractivity contribution is -0.383. The second-order valence-corrected chi connectivity index (χ2v) is 5.01. The van der Waals surface area contributed by atoms with Crippen molar-refractivity contribution >= 4 is 23.3 Å². The second kappa shape index (κ2) is 5.78. The smallest absolute Gasteiger partial charge is 0.306 e. The standard InChI is InChI=1S/C13H15N3O5/c14-11-9(2-1-3-10(11)16(20)21)12(17)15-8-5-4-7(6-8)13(18)19/h1-3,7-8H,4-6,14H2,(H,15,17)(H,18,19)/t7-,8+/m0/s1. The van der Waals surface area contributed by atoms with Gasteiger partial charge in [0.05, 0.1) is 16.4 Å². The number of para-hydroxylation sites is 1. The molecule has 0 bridgehead atoms. The Labute approximate surface area is 120 Å². The van der Waals surface area contributed by atoms with Gasteiger partial charge in [0.25, 0.3) is 11.6 Å². The van der Waals surface area contributed by atoms with Gasteiger partial charge < -0.3 is 16.2 Å². The number of nitrogens with zero attached hydrogens (tertiary/aromatic N) is 1. The molecule has 4 N–H and O–H groups in total. The maximum atomic E-state index is 12.1. The van der Waals surface area contributed by atoms with E-state index in [4.69, 9.17) is 10.8 Å². The van der Waals surface area contributed by atoms with Crippen LogP contribution in [-0.2, 0) is 4.79 Å². The molecule has 1 aliphatic carbocycles. The van der Waals surface area contributed by atoms with Gasteiger partial charge in [-0.2, -0.15) is 0 Å². The number of carbonyl (C=O) groups excluding carboxylic acids is 1. The third-order valence-corrected chi connectivity index (χ3v) is 3.64. The highest BCUT2D eigenvalue weighted by atomic mass is 16.6. The van der Waals surface area contributed by atoms with E-state index in [9.17, 15) is 19.7 Å². The highest BCUT2D eigenvalue weighted by molar-refractivity contribution is 6.01. The summed E-state index contributed by atoms with van der Waals surface area (Å²) >= 11 is 0. The Balaban J connectivity index is 2.10. The van der Waals surface area contributed by atoms with Crippen molar-refractivity contribution in [3.63, 3.8) is 0 Å². The highest BCUT2D eigenvalue weighted by Gasteiger charge is 2.31. The quantitative estimate of drug-likeness (QED) is 0.433. The number of nitro groups is 1. The molecule has 1 fully saturated rings. The summed E-state index contributed by atoms with van der Waals surface area (Å²) in [5.41, 5.74) is 5.16. The lowest BCUT2D eigenvalue weighted by Crippen LogP contribution is -2.33. The Kier molecular flexibility index (Phi) is 4.06. The summed E-state index contributed by atoms with van der Waals surface area (Å²) in [6.07, 6.45) is 1.43. The molecule has 2 atom stereocenters. The van der Waals surface area contributed by atoms with E-state index in [0.717, 1.165) is 0 Å². The molecular weight excluding hydrogens is 278 g/mol. The maximum absolute atomic E-state index is 12.1. The number of rotatable bonds is 4. The highest BCUT2D eigenvalue weighted by Crippen LogP contribution is 2.28. The van der Waals surface area contributed by atoms with E-state index in [1.54, 1.807) is 0 Å². The van der Waals surface area contributed by atoms with Crippen molar-refractivity contribution in [1.29, 1.82) is 0 Å². The number of hydrogen-bond acceptors (Lipinski definition) is 5. The van der Waals surface area contributed by atoms with Crippen LogP contribution in [0, 0.1) is 16.0 Å². The molecule has 0 unspecified atom stereocenters. The van der Waals surface area contributed by atoms with Crippen molar-refractivity contribution < 1.29 is 19.6 Å². The van der Waals surface area contributed by atoms with Crippen LogP contribution in [0.4, 0.5) is 11.4 Å². The van der Waals surface area contributed by atoms with Gasteiger partial charge in [-0.15, -0.1) is 0 Å². The van der Waals surface area contributed by atoms with Crippen molar-refractivity contribution in [3.8, 4) is 0 Å². The molecule has 1 aromatic carbocycles. The number of carbonyl (C=O) groups is 2. The first-order chi connectivity index (χ1) is 9.90. The molecule has 0 aliphatic heterocycles. The molecule has 1 amide bonds. The number of carboxylic acid groups (broad SMARTS) is 1. The summed E-state index contributed by atoms with van der Waals surface area (Å²) in [5.74, 6) is -1.85. The number of nitrogen functional groups attached to an aromatic ring is 1. The predicted molar refractivity (Wildman–Crippen MR) is 73.7 cm³/mol. The number of nitro benzene ring substituents is 1. The van der Waals surface area contributed by atoms with E-state index >= 15 is 0 Å². The molecule has 0 radical (unpaired) electrons. The number of carboxylic acids is 1. The van der Waals surface area contributed by atoms with Crippen LogP contribution in [0.15, 0.2) is 18.2 Å². The monoisotopic (exact) mass is 293 g/mol.